The Bertz CT molecular complexity index is 656. The van der Waals surface area contributed by atoms with Crippen LogP contribution in [0.5, 0.6) is 0 Å². The fraction of sp³-hybridized carbons (Fsp3) is 0.810. The van der Waals surface area contributed by atoms with Crippen molar-refractivity contribution in [1.29, 1.82) is 0 Å². The summed E-state index contributed by atoms with van der Waals surface area (Å²) in [6.45, 7) is 19.1. The second-order valence-corrected chi connectivity index (χ2v) is 10.4. The van der Waals surface area contributed by atoms with Gasteiger partial charge < -0.3 is 15.5 Å². The van der Waals surface area contributed by atoms with Crippen molar-refractivity contribution in [3.05, 3.63) is 0 Å². The van der Waals surface area contributed by atoms with Gasteiger partial charge in [-0.25, -0.2) is 4.79 Å². The Hall–Kier alpha value is -2.12. The predicted molar refractivity (Wildman–Crippen MR) is 116 cm³/mol. The smallest absolute Gasteiger partial charge is 0.323 e. The first-order chi connectivity index (χ1) is 13.0. The molecule has 166 valence electrons. The first-order valence-corrected chi connectivity index (χ1v) is 10.3. The van der Waals surface area contributed by atoms with Crippen molar-refractivity contribution < 1.29 is 14.4 Å². The van der Waals surface area contributed by atoms with E-state index in [-0.39, 0.29) is 47.8 Å². The molecule has 0 aromatic heterocycles. The van der Waals surface area contributed by atoms with Gasteiger partial charge in [-0.1, -0.05) is 27.7 Å². The molecule has 2 unspecified atom stereocenters. The second-order valence-electron chi connectivity index (χ2n) is 10.4. The Kier molecular flexibility index (Phi) is 7.85. The number of nitrogens with zero attached hydrogens (tertiary/aromatic N) is 2. The molecule has 1 rings (SSSR count). The van der Waals surface area contributed by atoms with Gasteiger partial charge in [0.25, 0.3) is 0 Å². The van der Waals surface area contributed by atoms with Crippen LogP contribution < -0.4 is 16.0 Å². The number of carbonyl (C=O) groups excluding carboxylic acids is 3. The minimum Gasteiger partial charge on any atom is -0.350 e. The highest BCUT2D eigenvalue weighted by atomic mass is 16.2. The van der Waals surface area contributed by atoms with Crippen LogP contribution in [0.2, 0.25) is 0 Å². The van der Waals surface area contributed by atoms with E-state index >= 15 is 0 Å². The summed E-state index contributed by atoms with van der Waals surface area (Å²) in [4.78, 5) is 44.0. The lowest BCUT2D eigenvalue weighted by Crippen LogP contribution is -2.56. The predicted octanol–water partition coefficient (Wildman–Crippen LogP) is 2.29. The summed E-state index contributed by atoms with van der Waals surface area (Å²) in [6.07, 6.45) is 0. The molecule has 4 amide bonds. The standard InChI is InChI=1S/C21H39N5O3/c1-12(2)15(18(28)25-21(8,9)10)22-14(27)11-26-16(13(3)4)17(23-19(26)29)24-20(5,6)7/h12-13,15-16H,11H2,1-10H3,(H,22,27)(H,25,28)(H,23,24,29). The molecular weight excluding hydrogens is 370 g/mol. The van der Waals surface area contributed by atoms with Crippen molar-refractivity contribution in [3.8, 4) is 0 Å². The molecule has 0 bridgehead atoms. The molecule has 2 atom stereocenters. The van der Waals surface area contributed by atoms with Gasteiger partial charge in [0.2, 0.25) is 11.8 Å². The van der Waals surface area contributed by atoms with Crippen LogP contribution in [0.4, 0.5) is 4.79 Å². The molecule has 0 aromatic rings. The zero-order chi connectivity index (χ0) is 22.7. The van der Waals surface area contributed by atoms with E-state index in [0.717, 1.165) is 0 Å². The van der Waals surface area contributed by atoms with E-state index in [2.05, 4.69) is 20.9 Å². The van der Waals surface area contributed by atoms with Crippen molar-refractivity contribution in [2.45, 2.75) is 92.4 Å². The first-order valence-electron chi connectivity index (χ1n) is 10.3. The summed E-state index contributed by atoms with van der Waals surface area (Å²) >= 11 is 0. The largest absolute Gasteiger partial charge is 0.350 e. The number of urea groups is 1. The average molecular weight is 410 g/mol. The molecule has 0 aliphatic carbocycles. The fourth-order valence-electron chi connectivity index (χ4n) is 3.19. The van der Waals surface area contributed by atoms with E-state index in [9.17, 15) is 14.4 Å². The Balaban J connectivity index is 2.96. The zero-order valence-corrected chi connectivity index (χ0v) is 19.6. The van der Waals surface area contributed by atoms with Gasteiger partial charge >= 0.3 is 6.03 Å². The van der Waals surface area contributed by atoms with E-state index < -0.39 is 11.6 Å². The number of amidine groups is 1. The maximum Gasteiger partial charge on any atom is 0.323 e. The van der Waals surface area contributed by atoms with Crippen molar-refractivity contribution in [2.24, 2.45) is 16.8 Å². The Morgan fingerprint density at radius 1 is 1.10 bits per heavy atom. The van der Waals surface area contributed by atoms with Crippen molar-refractivity contribution in [1.82, 2.24) is 20.9 Å². The molecule has 3 N–H and O–H groups in total. The maximum absolute atomic E-state index is 12.7. The second kappa shape index (κ2) is 9.13. The minimum absolute atomic E-state index is 0.0768. The molecule has 0 aromatic carbocycles. The van der Waals surface area contributed by atoms with Gasteiger partial charge in [-0.3, -0.25) is 19.9 Å². The quantitative estimate of drug-likeness (QED) is 0.627. The highest BCUT2D eigenvalue weighted by Crippen LogP contribution is 2.20. The summed E-state index contributed by atoms with van der Waals surface area (Å²) in [5.41, 5.74) is -0.743. The van der Waals surface area contributed by atoms with Crippen LogP contribution in [0.3, 0.4) is 0 Å². The normalized spacial score (nSPS) is 20.3. The SMILES string of the molecule is CC(C)C(NC(=O)CN1C(=O)NC(=NC(C)(C)C)C1C(C)C)C(=O)NC(C)(C)C. The highest BCUT2D eigenvalue weighted by Gasteiger charge is 2.40. The molecule has 0 saturated carbocycles. The van der Waals surface area contributed by atoms with Crippen LogP contribution in [0.1, 0.15) is 69.2 Å². The number of hydrogen-bond acceptors (Lipinski definition) is 4. The van der Waals surface area contributed by atoms with Gasteiger partial charge in [-0.2, -0.15) is 0 Å². The molecular formula is C21H39N5O3. The third kappa shape index (κ3) is 7.66. The summed E-state index contributed by atoms with van der Waals surface area (Å²) in [6, 6.07) is -1.33. The molecule has 29 heavy (non-hydrogen) atoms. The van der Waals surface area contributed by atoms with Crippen molar-refractivity contribution in [3.63, 3.8) is 0 Å². The van der Waals surface area contributed by atoms with Gasteiger partial charge in [0.15, 0.2) is 0 Å². The average Bonchev–Trinajstić information content (AvgIpc) is 2.76. The topological polar surface area (TPSA) is 103 Å². The van der Waals surface area contributed by atoms with Gasteiger partial charge in [0.1, 0.15) is 18.4 Å². The number of nitrogens with one attached hydrogen (secondary N) is 3. The van der Waals surface area contributed by atoms with Gasteiger partial charge in [-0.05, 0) is 53.4 Å². The Morgan fingerprint density at radius 2 is 1.66 bits per heavy atom. The van der Waals surface area contributed by atoms with Crippen molar-refractivity contribution >= 4 is 23.7 Å². The van der Waals surface area contributed by atoms with E-state index in [1.54, 1.807) is 0 Å². The number of hydrogen-bond donors (Lipinski definition) is 3. The van der Waals surface area contributed by atoms with Crippen molar-refractivity contribution in [2.75, 3.05) is 6.54 Å². The summed E-state index contributed by atoms with van der Waals surface area (Å²) in [5, 5.41) is 8.50. The molecule has 1 aliphatic rings. The van der Waals surface area contributed by atoms with E-state index in [1.807, 2.05) is 69.2 Å². The van der Waals surface area contributed by atoms with Crippen LogP contribution in [-0.4, -0.2) is 58.3 Å². The van der Waals surface area contributed by atoms with Gasteiger partial charge in [0.05, 0.1) is 11.6 Å². The summed E-state index contributed by atoms with van der Waals surface area (Å²) in [7, 11) is 0. The van der Waals surface area contributed by atoms with Crippen LogP contribution in [0.15, 0.2) is 4.99 Å². The molecule has 8 nitrogen and oxygen atoms in total. The van der Waals surface area contributed by atoms with Crippen LogP contribution >= 0.6 is 0 Å². The lowest BCUT2D eigenvalue weighted by molar-refractivity contribution is -0.131. The van der Waals surface area contributed by atoms with Crippen LogP contribution in [0, 0.1) is 11.8 Å². The molecule has 1 aliphatic heterocycles. The number of amides is 4. The van der Waals surface area contributed by atoms with E-state index in [4.69, 9.17) is 0 Å². The third-order valence-corrected chi connectivity index (χ3v) is 4.28. The minimum atomic E-state index is -0.674. The van der Waals surface area contributed by atoms with Crippen LogP contribution in [-0.2, 0) is 9.59 Å². The molecule has 1 fully saturated rings. The van der Waals surface area contributed by atoms with Crippen LogP contribution in [0.25, 0.3) is 0 Å². The lowest BCUT2D eigenvalue weighted by atomic mass is 10.0. The van der Waals surface area contributed by atoms with E-state index in [1.165, 1.54) is 4.90 Å². The fourth-order valence-corrected chi connectivity index (χ4v) is 3.19. The Labute approximate surface area is 175 Å². The molecule has 1 saturated heterocycles. The monoisotopic (exact) mass is 409 g/mol. The number of rotatable bonds is 6. The lowest BCUT2D eigenvalue weighted by Gasteiger charge is -2.29. The molecule has 0 spiro atoms. The van der Waals surface area contributed by atoms with E-state index in [0.29, 0.717) is 5.84 Å². The summed E-state index contributed by atoms with van der Waals surface area (Å²) < 4.78 is 0. The highest BCUT2D eigenvalue weighted by molar-refractivity contribution is 6.08. The molecule has 8 heteroatoms. The Morgan fingerprint density at radius 3 is 2.07 bits per heavy atom. The van der Waals surface area contributed by atoms with Gasteiger partial charge in [-0.15, -0.1) is 0 Å². The molecule has 1 heterocycles. The third-order valence-electron chi connectivity index (χ3n) is 4.28. The number of carbonyl (C=O) groups is 3. The molecule has 0 radical (unpaired) electrons. The maximum atomic E-state index is 12.7. The van der Waals surface area contributed by atoms with Gasteiger partial charge in [0, 0.05) is 5.54 Å². The zero-order valence-electron chi connectivity index (χ0n) is 19.6. The summed E-state index contributed by atoms with van der Waals surface area (Å²) in [5.74, 6) is -0.0376. The number of aliphatic imine (C=N–C) groups is 1. The first kappa shape index (κ1) is 24.9.